The van der Waals surface area contributed by atoms with Crippen LogP contribution in [0.2, 0.25) is 0 Å². The number of benzene rings is 1. The van der Waals surface area contributed by atoms with Crippen LogP contribution in [0.4, 0.5) is 0 Å². The van der Waals surface area contributed by atoms with Crippen molar-refractivity contribution in [2.24, 2.45) is 0 Å². The first-order valence-corrected chi connectivity index (χ1v) is 6.28. The van der Waals surface area contributed by atoms with Crippen LogP contribution in [0.3, 0.4) is 0 Å². The molecule has 2 aromatic heterocycles. The molecule has 0 atom stereocenters. The zero-order valence-corrected chi connectivity index (χ0v) is 10.7. The fourth-order valence-electron chi connectivity index (χ4n) is 2.15. The van der Waals surface area contributed by atoms with Crippen LogP contribution in [0.5, 0.6) is 0 Å². The summed E-state index contributed by atoms with van der Waals surface area (Å²) >= 11 is 0. The highest BCUT2D eigenvalue weighted by atomic mass is 14.7. The third-order valence-electron chi connectivity index (χ3n) is 3.09. The lowest BCUT2D eigenvalue weighted by Crippen LogP contribution is -1.91. The van der Waals surface area contributed by atoms with Gasteiger partial charge in [0.25, 0.3) is 0 Å². The van der Waals surface area contributed by atoms with E-state index in [2.05, 4.69) is 35.1 Å². The Morgan fingerprint density at radius 3 is 2.26 bits per heavy atom. The van der Waals surface area contributed by atoms with Crippen molar-refractivity contribution >= 4 is 0 Å². The van der Waals surface area contributed by atoms with Gasteiger partial charge in [-0.2, -0.15) is 0 Å². The first kappa shape index (κ1) is 11.6. The monoisotopic (exact) mass is 246 g/mol. The van der Waals surface area contributed by atoms with Gasteiger partial charge < -0.3 is 0 Å². The molecule has 0 aliphatic carbocycles. The van der Waals surface area contributed by atoms with E-state index in [1.807, 2.05) is 42.6 Å². The maximum Gasteiger partial charge on any atom is 0.0731 e. The third-order valence-corrected chi connectivity index (χ3v) is 3.09. The van der Waals surface area contributed by atoms with Crippen molar-refractivity contribution in [3.05, 3.63) is 72.6 Å². The van der Waals surface area contributed by atoms with Crippen LogP contribution in [0.1, 0.15) is 5.56 Å². The Labute approximate surface area is 112 Å². The Morgan fingerprint density at radius 1 is 0.789 bits per heavy atom. The topological polar surface area (TPSA) is 25.8 Å². The van der Waals surface area contributed by atoms with Gasteiger partial charge in [0.1, 0.15) is 0 Å². The quantitative estimate of drug-likeness (QED) is 0.679. The number of hydrogen-bond donors (Lipinski definition) is 0. The molecule has 0 fully saturated rings. The van der Waals surface area contributed by atoms with Crippen molar-refractivity contribution in [1.29, 1.82) is 0 Å². The number of nitrogens with zero attached hydrogens (tertiary/aromatic N) is 2. The first-order valence-electron chi connectivity index (χ1n) is 6.28. The fraction of sp³-hybridized carbons (Fsp3) is 0.0588. The van der Waals surface area contributed by atoms with Gasteiger partial charge in [-0.3, -0.25) is 9.97 Å². The molecule has 92 valence electrons. The van der Waals surface area contributed by atoms with E-state index in [0.29, 0.717) is 0 Å². The highest BCUT2D eigenvalue weighted by Crippen LogP contribution is 2.24. The molecule has 1 aromatic carbocycles. The molecule has 0 saturated heterocycles. The summed E-state index contributed by atoms with van der Waals surface area (Å²) in [5.74, 6) is 0. The van der Waals surface area contributed by atoms with Gasteiger partial charge in [-0.1, -0.05) is 36.4 Å². The summed E-state index contributed by atoms with van der Waals surface area (Å²) in [7, 11) is 0. The SMILES string of the molecule is Cc1cc(-c2ccccn2)cnc1-c1ccccc1. The molecule has 0 radical (unpaired) electrons. The molecule has 0 spiro atoms. The van der Waals surface area contributed by atoms with E-state index >= 15 is 0 Å². The van der Waals surface area contributed by atoms with E-state index < -0.39 is 0 Å². The summed E-state index contributed by atoms with van der Waals surface area (Å²) in [6.45, 7) is 2.09. The van der Waals surface area contributed by atoms with E-state index in [1.54, 1.807) is 6.20 Å². The first-order chi connectivity index (χ1) is 9.34. The number of aromatic nitrogens is 2. The van der Waals surface area contributed by atoms with Gasteiger partial charge in [-0.25, -0.2) is 0 Å². The van der Waals surface area contributed by atoms with Gasteiger partial charge >= 0.3 is 0 Å². The summed E-state index contributed by atoms with van der Waals surface area (Å²) in [6.07, 6.45) is 3.69. The molecule has 0 aliphatic rings. The van der Waals surface area contributed by atoms with Gasteiger partial charge in [-0.15, -0.1) is 0 Å². The van der Waals surface area contributed by atoms with Gasteiger partial charge in [0, 0.05) is 23.5 Å². The van der Waals surface area contributed by atoms with Crippen LogP contribution >= 0.6 is 0 Å². The standard InChI is InChI=1S/C17H14N2/c1-13-11-15(16-9-5-6-10-18-16)12-19-17(13)14-7-3-2-4-8-14/h2-12H,1H3. The van der Waals surface area contributed by atoms with Crippen molar-refractivity contribution < 1.29 is 0 Å². The lowest BCUT2D eigenvalue weighted by atomic mass is 10.0. The average Bonchev–Trinajstić information content (AvgIpc) is 2.49. The molecular formula is C17H14N2. The Kier molecular flexibility index (Phi) is 3.07. The Morgan fingerprint density at radius 2 is 1.58 bits per heavy atom. The van der Waals surface area contributed by atoms with E-state index in [1.165, 1.54) is 0 Å². The van der Waals surface area contributed by atoms with Crippen LogP contribution < -0.4 is 0 Å². The van der Waals surface area contributed by atoms with Gasteiger partial charge in [0.05, 0.1) is 11.4 Å². The van der Waals surface area contributed by atoms with Crippen molar-refractivity contribution in [2.75, 3.05) is 0 Å². The lowest BCUT2D eigenvalue weighted by molar-refractivity contribution is 1.24. The van der Waals surface area contributed by atoms with Crippen LogP contribution in [-0.2, 0) is 0 Å². The molecule has 0 bridgehead atoms. The molecule has 2 heterocycles. The largest absolute Gasteiger partial charge is 0.256 e. The Hall–Kier alpha value is -2.48. The second-order valence-electron chi connectivity index (χ2n) is 4.47. The zero-order chi connectivity index (χ0) is 13.1. The lowest BCUT2D eigenvalue weighted by Gasteiger charge is -2.07. The van der Waals surface area contributed by atoms with Crippen molar-refractivity contribution in [1.82, 2.24) is 9.97 Å². The molecule has 19 heavy (non-hydrogen) atoms. The predicted molar refractivity (Wildman–Crippen MR) is 77.6 cm³/mol. The fourth-order valence-corrected chi connectivity index (χ4v) is 2.15. The molecule has 2 heteroatoms. The normalized spacial score (nSPS) is 10.4. The minimum atomic E-state index is 0.956. The van der Waals surface area contributed by atoms with E-state index in [-0.39, 0.29) is 0 Å². The minimum absolute atomic E-state index is 0.956. The average molecular weight is 246 g/mol. The highest BCUT2D eigenvalue weighted by molar-refractivity contribution is 5.67. The summed E-state index contributed by atoms with van der Waals surface area (Å²) < 4.78 is 0. The van der Waals surface area contributed by atoms with Crippen LogP contribution in [-0.4, -0.2) is 9.97 Å². The summed E-state index contributed by atoms with van der Waals surface area (Å²) in [4.78, 5) is 8.94. The number of rotatable bonds is 2. The molecule has 0 amide bonds. The maximum absolute atomic E-state index is 4.58. The van der Waals surface area contributed by atoms with Crippen LogP contribution in [0, 0.1) is 6.92 Å². The van der Waals surface area contributed by atoms with E-state index in [4.69, 9.17) is 0 Å². The molecule has 0 N–H and O–H groups in total. The molecule has 0 unspecified atom stereocenters. The number of hydrogen-bond acceptors (Lipinski definition) is 2. The van der Waals surface area contributed by atoms with Gasteiger partial charge in [-0.05, 0) is 30.7 Å². The van der Waals surface area contributed by atoms with E-state index in [9.17, 15) is 0 Å². The summed E-state index contributed by atoms with van der Waals surface area (Å²) in [5, 5.41) is 0. The second kappa shape index (κ2) is 5.02. The summed E-state index contributed by atoms with van der Waals surface area (Å²) in [6, 6.07) is 18.3. The minimum Gasteiger partial charge on any atom is -0.256 e. The van der Waals surface area contributed by atoms with Gasteiger partial charge in [0.2, 0.25) is 0 Å². The number of pyridine rings is 2. The molecule has 2 nitrogen and oxygen atoms in total. The van der Waals surface area contributed by atoms with Crippen molar-refractivity contribution in [3.63, 3.8) is 0 Å². The molecule has 3 aromatic rings. The maximum atomic E-state index is 4.58. The van der Waals surface area contributed by atoms with Crippen LogP contribution in [0.15, 0.2) is 67.0 Å². The zero-order valence-electron chi connectivity index (χ0n) is 10.7. The molecule has 3 rings (SSSR count). The number of aryl methyl sites for hydroxylation is 1. The van der Waals surface area contributed by atoms with Crippen molar-refractivity contribution in [2.45, 2.75) is 6.92 Å². The smallest absolute Gasteiger partial charge is 0.0731 e. The highest BCUT2D eigenvalue weighted by Gasteiger charge is 2.06. The molecule has 0 aliphatic heterocycles. The Balaban J connectivity index is 2.04. The summed E-state index contributed by atoms with van der Waals surface area (Å²) in [5.41, 5.74) is 5.35. The van der Waals surface area contributed by atoms with E-state index in [0.717, 1.165) is 28.1 Å². The third kappa shape index (κ3) is 2.38. The molecular weight excluding hydrogens is 232 g/mol. The Bertz CT molecular complexity index is 676. The predicted octanol–water partition coefficient (Wildman–Crippen LogP) is 4.12. The molecule has 0 saturated carbocycles. The second-order valence-corrected chi connectivity index (χ2v) is 4.47. The van der Waals surface area contributed by atoms with Crippen LogP contribution in [0.25, 0.3) is 22.5 Å². The van der Waals surface area contributed by atoms with Gasteiger partial charge in [0.15, 0.2) is 0 Å². The van der Waals surface area contributed by atoms with Crippen molar-refractivity contribution in [3.8, 4) is 22.5 Å².